The van der Waals surface area contributed by atoms with Crippen molar-refractivity contribution in [1.82, 2.24) is 0 Å². The average molecular weight is 444 g/mol. The molecule has 4 rings (SSSR count). The smallest absolute Gasteiger partial charge is 0.343 e. The lowest BCUT2D eigenvalue weighted by Crippen LogP contribution is -2.21. The Morgan fingerprint density at radius 3 is 2.61 bits per heavy atom. The number of aromatic hydroxyl groups is 1. The van der Waals surface area contributed by atoms with Gasteiger partial charge in [-0.2, -0.15) is 0 Å². The summed E-state index contributed by atoms with van der Waals surface area (Å²) in [5, 5.41) is 11.9. The Morgan fingerprint density at radius 2 is 1.90 bits per heavy atom. The van der Waals surface area contributed by atoms with Gasteiger partial charge in [-0.3, -0.25) is 9.52 Å². The maximum atomic E-state index is 13.0. The van der Waals surface area contributed by atoms with E-state index in [9.17, 15) is 23.1 Å². The first-order chi connectivity index (χ1) is 14.8. The molecule has 2 aliphatic carbocycles. The van der Waals surface area contributed by atoms with Crippen molar-refractivity contribution in [3.8, 4) is 5.75 Å². The molecule has 1 aromatic carbocycles. The van der Waals surface area contributed by atoms with E-state index in [0.717, 1.165) is 37.5 Å². The number of Topliss-reactive ketones (excluding diaryl/α,β-unsaturated/α-hetero) is 1. The molecule has 0 bridgehead atoms. The van der Waals surface area contributed by atoms with Crippen LogP contribution in [0, 0.1) is 5.92 Å². The number of sulfonamides is 1. The standard InChI is InChI=1S/C23H25NO6S/c1-2-31(28,29)24-16-8-6-7-15(13-16)19(14-11-12-14)21-22(26)20-17(25)9-4-3-5-10-18(20)30-23(21)27/h2,6-8,13-14,19,24,26H,1,3-5,9-12H2. The number of rotatable bonds is 6. The summed E-state index contributed by atoms with van der Waals surface area (Å²) in [6.07, 6.45) is 4.87. The van der Waals surface area contributed by atoms with Crippen molar-refractivity contribution >= 4 is 21.5 Å². The topological polar surface area (TPSA) is 114 Å². The fourth-order valence-electron chi connectivity index (χ4n) is 4.30. The first-order valence-corrected chi connectivity index (χ1v) is 12.0. The highest BCUT2D eigenvalue weighted by molar-refractivity contribution is 7.95. The minimum absolute atomic E-state index is 0.0823. The first-order valence-electron chi connectivity index (χ1n) is 10.5. The summed E-state index contributed by atoms with van der Waals surface area (Å²) in [5.41, 5.74) is 0.572. The van der Waals surface area contributed by atoms with E-state index >= 15 is 0 Å². The predicted octanol–water partition coefficient (Wildman–Crippen LogP) is 4.07. The van der Waals surface area contributed by atoms with Crippen molar-refractivity contribution in [3.05, 3.63) is 69.1 Å². The number of carbonyl (C=O) groups is 1. The summed E-state index contributed by atoms with van der Waals surface area (Å²) in [5.74, 6) is -0.626. The maximum absolute atomic E-state index is 13.0. The average Bonchev–Trinajstić information content (AvgIpc) is 3.54. The zero-order chi connectivity index (χ0) is 22.2. The van der Waals surface area contributed by atoms with Crippen LogP contribution in [0.4, 0.5) is 5.69 Å². The molecule has 0 radical (unpaired) electrons. The maximum Gasteiger partial charge on any atom is 0.343 e. The van der Waals surface area contributed by atoms with Crippen LogP contribution in [0.25, 0.3) is 0 Å². The summed E-state index contributed by atoms with van der Waals surface area (Å²) >= 11 is 0. The Hall–Kier alpha value is -2.87. The van der Waals surface area contributed by atoms with E-state index in [0.29, 0.717) is 24.1 Å². The van der Waals surface area contributed by atoms with Gasteiger partial charge in [0.15, 0.2) is 5.78 Å². The van der Waals surface area contributed by atoms with Crippen molar-refractivity contribution in [3.63, 3.8) is 0 Å². The molecule has 2 aliphatic rings. The number of fused-ring (bicyclic) bond motifs is 1. The molecule has 0 saturated heterocycles. The molecule has 0 aliphatic heterocycles. The van der Waals surface area contributed by atoms with Gasteiger partial charge in [0, 0.05) is 29.9 Å². The molecule has 8 heteroatoms. The highest BCUT2D eigenvalue weighted by Crippen LogP contribution is 2.49. The summed E-state index contributed by atoms with van der Waals surface area (Å²) in [4.78, 5) is 25.7. The third kappa shape index (κ3) is 4.44. The van der Waals surface area contributed by atoms with Crippen LogP contribution in [0.5, 0.6) is 5.75 Å². The second kappa shape index (κ2) is 8.34. The van der Waals surface area contributed by atoms with Gasteiger partial charge in [0.1, 0.15) is 11.5 Å². The molecule has 1 atom stereocenters. The zero-order valence-electron chi connectivity index (χ0n) is 17.1. The predicted molar refractivity (Wildman–Crippen MR) is 117 cm³/mol. The second-order valence-corrected chi connectivity index (χ2v) is 9.82. The van der Waals surface area contributed by atoms with Gasteiger partial charge in [-0.15, -0.1) is 0 Å². The lowest BCUT2D eigenvalue weighted by Gasteiger charge is -2.21. The van der Waals surface area contributed by atoms with Gasteiger partial charge >= 0.3 is 5.63 Å². The second-order valence-electron chi connectivity index (χ2n) is 8.19. The lowest BCUT2D eigenvalue weighted by molar-refractivity contribution is 0.0968. The highest BCUT2D eigenvalue weighted by Gasteiger charge is 2.39. The monoisotopic (exact) mass is 443 g/mol. The van der Waals surface area contributed by atoms with Crippen LogP contribution < -0.4 is 10.3 Å². The van der Waals surface area contributed by atoms with Gasteiger partial charge in [-0.25, -0.2) is 13.2 Å². The minimum atomic E-state index is -3.69. The number of benzene rings is 1. The van der Waals surface area contributed by atoms with E-state index in [-0.39, 0.29) is 34.3 Å². The Balaban J connectivity index is 1.83. The van der Waals surface area contributed by atoms with Crippen molar-refractivity contribution in [1.29, 1.82) is 0 Å². The molecule has 0 spiro atoms. The van der Waals surface area contributed by atoms with Crippen molar-refractivity contribution < 1.29 is 22.7 Å². The van der Waals surface area contributed by atoms with Crippen LogP contribution in [0.1, 0.15) is 71.7 Å². The van der Waals surface area contributed by atoms with Crippen LogP contribution in [-0.2, 0) is 16.4 Å². The number of nitrogens with one attached hydrogen (secondary N) is 1. The minimum Gasteiger partial charge on any atom is -0.506 e. The third-order valence-corrected chi connectivity index (χ3v) is 6.88. The van der Waals surface area contributed by atoms with Crippen LogP contribution in [-0.4, -0.2) is 19.3 Å². The molecule has 1 aromatic heterocycles. The van der Waals surface area contributed by atoms with Crippen LogP contribution in [0.15, 0.2) is 45.5 Å². The number of hydrogen-bond donors (Lipinski definition) is 2. The van der Waals surface area contributed by atoms with E-state index in [4.69, 9.17) is 4.42 Å². The molecule has 2 N–H and O–H groups in total. The van der Waals surface area contributed by atoms with Gasteiger partial charge in [0.25, 0.3) is 10.0 Å². The van der Waals surface area contributed by atoms with Crippen LogP contribution >= 0.6 is 0 Å². The van der Waals surface area contributed by atoms with Gasteiger partial charge in [0.2, 0.25) is 0 Å². The summed E-state index contributed by atoms with van der Waals surface area (Å²) in [6, 6.07) is 6.71. The summed E-state index contributed by atoms with van der Waals surface area (Å²) < 4.78 is 31.7. The van der Waals surface area contributed by atoms with Gasteiger partial charge in [-0.1, -0.05) is 25.1 Å². The fraction of sp³-hybridized carbons (Fsp3) is 0.391. The lowest BCUT2D eigenvalue weighted by atomic mass is 9.85. The molecule has 1 unspecified atom stereocenters. The molecular weight excluding hydrogens is 418 g/mol. The third-order valence-electron chi connectivity index (χ3n) is 5.92. The van der Waals surface area contributed by atoms with Crippen molar-refractivity contribution in [2.75, 3.05) is 4.72 Å². The van der Waals surface area contributed by atoms with E-state index in [1.54, 1.807) is 24.3 Å². The van der Waals surface area contributed by atoms with Gasteiger partial charge in [-0.05, 0) is 49.3 Å². The summed E-state index contributed by atoms with van der Waals surface area (Å²) in [7, 11) is -3.69. The Labute approximate surface area is 180 Å². The molecule has 1 heterocycles. The summed E-state index contributed by atoms with van der Waals surface area (Å²) in [6.45, 7) is 3.29. The van der Waals surface area contributed by atoms with E-state index in [2.05, 4.69) is 11.3 Å². The molecule has 0 amide bonds. The van der Waals surface area contributed by atoms with Gasteiger partial charge in [0.05, 0.1) is 11.1 Å². The molecule has 7 nitrogen and oxygen atoms in total. The molecule has 1 fully saturated rings. The SMILES string of the molecule is C=CS(=O)(=O)Nc1cccc(C(c2c(O)c3c(oc2=O)CCCCCC3=O)C2CC2)c1. The molecule has 2 aromatic rings. The van der Waals surface area contributed by atoms with Crippen LogP contribution in [0.3, 0.4) is 0 Å². The molecular formula is C23H25NO6S. The van der Waals surface area contributed by atoms with Crippen LogP contribution in [0.2, 0.25) is 0 Å². The van der Waals surface area contributed by atoms with E-state index in [1.165, 1.54) is 0 Å². The Kier molecular flexibility index (Phi) is 5.75. The molecule has 1 saturated carbocycles. The first kappa shape index (κ1) is 21.4. The largest absolute Gasteiger partial charge is 0.506 e. The molecule has 31 heavy (non-hydrogen) atoms. The van der Waals surface area contributed by atoms with Gasteiger partial charge < -0.3 is 9.52 Å². The van der Waals surface area contributed by atoms with Crippen molar-refractivity contribution in [2.24, 2.45) is 5.92 Å². The Bertz CT molecular complexity index is 1190. The highest BCUT2D eigenvalue weighted by atomic mass is 32.2. The Morgan fingerprint density at radius 1 is 1.16 bits per heavy atom. The number of carbonyl (C=O) groups excluding carboxylic acids is 1. The van der Waals surface area contributed by atoms with E-state index < -0.39 is 21.6 Å². The number of anilines is 1. The number of aryl methyl sites for hydroxylation is 1. The quantitative estimate of drug-likeness (QED) is 0.696. The number of hydrogen-bond acceptors (Lipinski definition) is 6. The fourth-order valence-corrected chi connectivity index (χ4v) is 4.84. The zero-order valence-corrected chi connectivity index (χ0v) is 17.9. The molecule has 164 valence electrons. The normalized spacial score (nSPS) is 17.9. The van der Waals surface area contributed by atoms with Crippen molar-refractivity contribution in [2.45, 2.75) is 50.9 Å². The number of ketones is 1. The van der Waals surface area contributed by atoms with E-state index in [1.807, 2.05) is 0 Å².